The van der Waals surface area contributed by atoms with Gasteiger partial charge in [-0.25, -0.2) is 4.79 Å². The number of nitrogens with one attached hydrogen (secondary N) is 1. The lowest BCUT2D eigenvalue weighted by atomic mass is 10.1. The summed E-state index contributed by atoms with van der Waals surface area (Å²) in [5.74, 6) is -1.48. The Bertz CT molecular complexity index is 524. The van der Waals surface area contributed by atoms with Crippen molar-refractivity contribution in [1.29, 1.82) is 0 Å². The number of hydrogen-bond donors (Lipinski definition) is 2. The normalized spacial score (nSPS) is 18.9. The second kappa shape index (κ2) is 5.09. The minimum absolute atomic E-state index is 0.126. The summed E-state index contributed by atoms with van der Waals surface area (Å²) in [5, 5.41) is 11.5. The van der Waals surface area contributed by atoms with Crippen LogP contribution in [-0.4, -0.2) is 46.9 Å². The molecule has 0 radical (unpaired) electrons. The topological polar surface area (TPSA) is 86.7 Å². The van der Waals surface area contributed by atoms with Crippen LogP contribution in [0.4, 0.5) is 0 Å². The molecule has 1 fully saturated rings. The molecule has 0 saturated carbocycles. The molecule has 0 bridgehead atoms. The fraction of sp³-hybridized carbons (Fsp3) is 0.308. The molecule has 6 nitrogen and oxygen atoms in total. The number of nitrogens with zero attached hydrogens (tertiary/aromatic N) is 1. The first-order valence-corrected chi connectivity index (χ1v) is 5.92. The highest BCUT2D eigenvalue weighted by molar-refractivity contribution is 5.99. The third kappa shape index (κ3) is 2.57. The monoisotopic (exact) mass is 262 g/mol. The molecule has 1 saturated heterocycles. The van der Waals surface area contributed by atoms with Crippen molar-refractivity contribution in [2.24, 2.45) is 0 Å². The number of rotatable bonds is 2. The van der Waals surface area contributed by atoms with Crippen molar-refractivity contribution in [3.63, 3.8) is 0 Å². The number of carbonyl (C=O) groups is 3. The van der Waals surface area contributed by atoms with E-state index in [0.29, 0.717) is 18.7 Å². The summed E-state index contributed by atoms with van der Waals surface area (Å²) in [6.07, 6.45) is 0. The minimum Gasteiger partial charge on any atom is -0.478 e. The second-order valence-electron chi connectivity index (χ2n) is 4.35. The van der Waals surface area contributed by atoms with Gasteiger partial charge in [0.15, 0.2) is 0 Å². The van der Waals surface area contributed by atoms with Crippen LogP contribution >= 0.6 is 0 Å². The highest BCUT2D eigenvalue weighted by Gasteiger charge is 2.29. The Balaban J connectivity index is 2.19. The third-order valence-electron chi connectivity index (χ3n) is 3.14. The van der Waals surface area contributed by atoms with Crippen molar-refractivity contribution >= 4 is 17.8 Å². The average molecular weight is 262 g/mol. The molecule has 1 aromatic carbocycles. The van der Waals surface area contributed by atoms with Gasteiger partial charge in [-0.1, -0.05) is 0 Å². The number of hydrogen-bond acceptors (Lipinski definition) is 3. The molecular weight excluding hydrogens is 248 g/mol. The zero-order chi connectivity index (χ0) is 14.0. The molecule has 100 valence electrons. The molecule has 2 amide bonds. The Morgan fingerprint density at radius 3 is 2.42 bits per heavy atom. The van der Waals surface area contributed by atoms with Crippen LogP contribution in [0.15, 0.2) is 24.3 Å². The van der Waals surface area contributed by atoms with Gasteiger partial charge in [-0.15, -0.1) is 0 Å². The molecule has 1 aliphatic heterocycles. The summed E-state index contributed by atoms with van der Waals surface area (Å²) in [4.78, 5) is 35.9. The Morgan fingerprint density at radius 2 is 1.84 bits per heavy atom. The fourth-order valence-corrected chi connectivity index (χ4v) is 1.98. The first kappa shape index (κ1) is 13.1. The molecule has 1 aliphatic rings. The van der Waals surface area contributed by atoms with Gasteiger partial charge in [0.2, 0.25) is 5.91 Å². The van der Waals surface area contributed by atoms with Gasteiger partial charge in [0.25, 0.3) is 5.91 Å². The van der Waals surface area contributed by atoms with Gasteiger partial charge in [0.1, 0.15) is 6.04 Å². The van der Waals surface area contributed by atoms with E-state index in [2.05, 4.69) is 5.32 Å². The van der Waals surface area contributed by atoms with Crippen molar-refractivity contribution in [3.8, 4) is 0 Å². The lowest BCUT2D eigenvalue weighted by Gasteiger charge is -2.32. The number of carboxylic acid groups (broad SMARTS) is 1. The molecular formula is C13H14N2O4. The fourth-order valence-electron chi connectivity index (χ4n) is 1.98. The Morgan fingerprint density at radius 1 is 1.26 bits per heavy atom. The van der Waals surface area contributed by atoms with Crippen LogP contribution in [0.25, 0.3) is 0 Å². The van der Waals surface area contributed by atoms with Gasteiger partial charge in [-0.3, -0.25) is 9.59 Å². The first-order valence-electron chi connectivity index (χ1n) is 5.92. The van der Waals surface area contributed by atoms with E-state index < -0.39 is 12.0 Å². The van der Waals surface area contributed by atoms with Crippen molar-refractivity contribution in [3.05, 3.63) is 35.4 Å². The summed E-state index contributed by atoms with van der Waals surface area (Å²) < 4.78 is 0. The molecule has 19 heavy (non-hydrogen) atoms. The largest absolute Gasteiger partial charge is 0.478 e. The zero-order valence-corrected chi connectivity index (χ0v) is 10.4. The standard InChI is InChI=1S/C13H14N2O4/c1-8-11(16)14-6-7-15(8)12(17)9-2-4-10(5-3-9)13(18)19/h2-5,8H,6-7H2,1H3,(H,14,16)(H,18,19)/t8-/m1/s1. The van der Waals surface area contributed by atoms with Crippen LogP contribution in [0, 0.1) is 0 Å². The van der Waals surface area contributed by atoms with Gasteiger partial charge >= 0.3 is 5.97 Å². The summed E-state index contributed by atoms with van der Waals surface area (Å²) in [6.45, 7) is 2.55. The van der Waals surface area contributed by atoms with Crippen LogP contribution in [0.1, 0.15) is 27.6 Å². The van der Waals surface area contributed by atoms with E-state index in [9.17, 15) is 14.4 Å². The van der Waals surface area contributed by atoms with E-state index in [0.717, 1.165) is 0 Å². The van der Waals surface area contributed by atoms with Crippen molar-refractivity contribution in [2.45, 2.75) is 13.0 Å². The van der Waals surface area contributed by atoms with Crippen LogP contribution < -0.4 is 5.32 Å². The van der Waals surface area contributed by atoms with Gasteiger partial charge in [0, 0.05) is 18.7 Å². The van der Waals surface area contributed by atoms with Gasteiger partial charge in [-0.2, -0.15) is 0 Å². The van der Waals surface area contributed by atoms with Crippen LogP contribution in [-0.2, 0) is 4.79 Å². The Kier molecular flexibility index (Phi) is 3.50. The summed E-state index contributed by atoms with van der Waals surface area (Å²) in [6, 6.07) is 5.17. The smallest absolute Gasteiger partial charge is 0.335 e. The maximum Gasteiger partial charge on any atom is 0.335 e. The molecule has 2 rings (SSSR count). The molecule has 1 aromatic rings. The zero-order valence-electron chi connectivity index (χ0n) is 10.4. The molecule has 6 heteroatoms. The lowest BCUT2D eigenvalue weighted by Crippen LogP contribution is -2.55. The van der Waals surface area contributed by atoms with Crippen LogP contribution in [0.2, 0.25) is 0 Å². The molecule has 0 spiro atoms. The molecule has 1 atom stereocenters. The average Bonchev–Trinajstić information content (AvgIpc) is 2.41. The first-order chi connectivity index (χ1) is 9.00. The quantitative estimate of drug-likeness (QED) is 0.805. The summed E-state index contributed by atoms with van der Waals surface area (Å²) >= 11 is 0. The van der Waals surface area contributed by atoms with Crippen LogP contribution in [0.5, 0.6) is 0 Å². The highest BCUT2D eigenvalue weighted by Crippen LogP contribution is 2.12. The molecule has 0 aliphatic carbocycles. The van der Waals surface area contributed by atoms with E-state index in [1.165, 1.54) is 29.2 Å². The Hall–Kier alpha value is -2.37. The van der Waals surface area contributed by atoms with E-state index in [-0.39, 0.29) is 17.4 Å². The lowest BCUT2D eigenvalue weighted by molar-refractivity contribution is -0.127. The van der Waals surface area contributed by atoms with Gasteiger partial charge in [0.05, 0.1) is 5.56 Å². The SMILES string of the molecule is C[C@@H]1C(=O)NCCN1C(=O)c1ccc(C(=O)O)cc1. The predicted octanol–water partition coefficient (Wildman–Crippen LogP) is 0.345. The van der Waals surface area contributed by atoms with Crippen molar-refractivity contribution < 1.29 is 19.5 Å². The van der Waals surface area contributed by atoms with E-state index >= 15 is 0 Å². The molecule has 1 heterocycles. The second-order valence-corrected chi connectivity index (χ2v) is 4.35. The van der Waals surface area contributed by atoms with Crippen molar-refractivity contribution in [1.82, 2.24) is 10.2 Å². The number of benzene rings is 1. The number of amides is 2. The third-order valence-corrected chi connectivity index (χ3v) is 3.14. The minimum atomic E-state index is -1.04. The Labute approximate surface area is 110 Å². The molecule has 0 unspecified atom stereocenters. The van der Waals surface area contributed by atoms with E-state index in [4.69, 9.17) is 5.11 Å². The maximum absolute atomic E-state index is 12.2. The number of carbonyl (C=O) groups excluding carboxylic acids is 2. The maximum atomic E-state index is 12.2. The predicted molar refractivity (Wildman–Crippen MR) is 66.9 cm³/mol. The number of aromatic carboxylic acids is 1. The van der Waals surface area contributed by atoms with E-state index in [1.54, 1.807) is 6.92 Å². The summed E-state index contributed by atoms with van der Waals surface area (Å²) in [5.41, 5.74) is 0.507. The molecule has 2 N–H and O–H groups in total. The molecule has 0 aromatic heterocycles. The number of piperazine rings is 1. The van der Waals surface area contributed by atoms with Crippen LogP contribution in [0.3, 0.4) is 0 Å². The van der Waals surface area contributed by atoms with Gasteiger partial charge in [-0.05, 0) is 31.2 Å². The highest BCUT2D eigenvalue weighted by atomic mass is 16.4. The van der Waals surface area contributed by atoms with Crippen molar-refractivity contribution in [2.75, 3.05) is 13.1 Å². The van der Waals surface area contributed by atoms with E-state index in [1.807, 2.05) is 0 Å². The summed E-state index contributed by atoms with van der Waals surface area (Å²) in [7, 11) is 0. The van der Waals surface area contributed by atoms with Gasteiger partial charge < -0.3 is 15.3 Å². The number of carboxylic acids is 1.